The summed E-state index contributed by atoms with van der Waals surface area (Å²) >= 11 is 0. The van der Waals surface area contributed by atoms with E-state index in [2.05, 4.69) is 38.2 Å². The average molecular weight is 1010 g/mol. The number of rotatable bonds is 62. The Morgan fingerprint density at radius 3 is 0.819 bits per heavy atom. The van der Waals surface area contributed by atoms with Gasteiger partial charge in [-0.15, -0.1) is 0 Å². The second kappa shape index (κ2) is 63.7. The SMILES string of the molecule is CCCCCCC/C=C\C/C=C\CCCCCCCCCCCCCCCCCCCCCCCC(=O)OC(CO)COC(=O)CCCCCCCCCCCCCCCCCCCCCCCCCCC. The molecule has 0 spiro atoms. The number of aliphatic hydroxyl groups excluding tert-OH is 1. The monoisotopic (exact) mass is 1010 g/mol. The van der Waals surface area contributed by atoms with E-state index in [0.717, 1.165) is 38.5 Å². The van der Waals surface area contributed by atoms with E-state index < -0.39 is 6.10 Å². The average Bonchev–Trinajstić information content (AvgIpc) is 3.38. The van der Waals surface area contributed by atoms with Gasteiger partial charge in [-0.25, -0.2) is 0 Å². The molecule has 1 N–H and O–H groups in total. The van der Waals surface area contributed by atoms with Gasteiger partial charge in [-0.1, -0.05) is 340 Å². The van der Waals surface area contributed by atoms with Crippen LogP contribution in [-0.2, 0) is 19.1 Å². The Morgan fingerprint density at radius 2 is 0.556 bits per heavy atom. The van der Waals surface area contributed by atoms with E-state index in [-0.39, 0.29) is 25.2 Å². The zero-order chi connectivity index (χ0) is 52.0. The molecule has 72 heavy (non-hydrogen) atoms. The lowest BCUT2D eigenvalue weighted by molar-refractivity contribution is -0.161. The minimum absolute atomic E-state index is 0.0576. The van der Waals surface area contributed by atoms with Crippen LogP contribution in [0.3, 0.4) is 0 Å². The van der Waals surface area contributed by atoms with Crippen molar-refractivity contribution in [1.82, 2.24) is 0 Å². The van der Waals surface area contributed by atoms with E-state index in [0.29, 0.717) is 12.8 Å². The summed E-state index contributed by atoms with van der Waals surface area (Å²) in [6, 6.07) is 0. The Kier molecular flexibility index (Phi) is 62.2. The van der Waals surface area contributed by atoms with Gasteiger partial charge in [-0.05, 0) is 44.9 Å². The summed E-state index contributed by atoms with van der Waals surface area (Å²) in [4.78, 5) is 24.6. The second-order valence-electron chi connectivity index (χ2n) is 22.6. The van der Waals surface area contributed by atoms with Crippen molar-refractivity contribution < 1.29 is 24.2 Å². The normalized spacial score (nSPS) is 12.2. The molecule has 0 saturated carbocycles. The van der Waals surface area contributed by atoms with E-state index in [1.54, 1.807) is 0 Å². The number of hydrogen-bond donors (Lipinski definition) is 1. The predicted molar refractivity (Wildman–Crippen MR) is 316 cm³/mol. The van der Waals surface area contributed by atoms with Crippen molar-refractivity contribution in [2.75, 3.05) is 13.2 Å². The van der Waals surface area contributed by atoms with E-state index in [1.165, 1.54) is 308 Å². The quantitative estimate of drug-likeness (QED) is 0.0373. The van der Waals surface area contributed by atoms with Crippen molar-refractivity contribution in [3.8, 4) is 0 Å². The Bertz CT molecular complexity index is 1100. The summed E-state index contributed by atoms with van der Waals surface area (Å²) in [6.07, 6.45) is 82.0. The molecule has 0 saturated heterocycles. The molecule has 0 aromatic rings. The number of ether oxygens (including phenoxy) is 2. The van der Waals surface area contributed by atoms with Crippen molar-refractivity contribution in [1.29, 1.82) is 0 Å². The number of allylic oxidation sites excluding steroid dienone is 4. The first-order chi connectivity index (χ1) is 35.6. The number of carbonyl (C=O) groups is 2. The van der Waals surface area contributed by atoms with Gasteiger partial charge in [-0.3, -0.25) is 9.59 Å². The fraction of sp³-hybridized carbons (Fsp3) is 0.910. The number of unbranched alkanes of at least 4 members (excludes halogenated alkanes) is 50. The molecule has 0 bridgehead atoms. The lowest BCUT2D eigenvalue weighted by Crippen LogP contribution is -2.28. The lowest BCUT2D eigenvalue weighted by Gasteiger charge is -2.15. The molecule has 0 rings (SSSR count). The highest BCUT2D eigenvalue weighted by Crippen LogP contribution is 2.19. The van der Waals surface area contributed by atoms with Crippen molar-refractivity contribution in [2.45, 2.75) is 380 Å². The maximum Gasteiger partial charge on any atom is 0.306 e. The maximum absolute atomic E-state index is 12.3. The molecule has 0 fully saturated rings. The van der Waals surface area contributed by atoms with Gasteiger partial charge >= 0.3 is 11.9 Å². The van der Waals surface area contributed by atoms with E-state index in [4.69, 9.17) is 9.47 Å². The third kappa shape index (κ3) is 60.9. The van der Waals surface area contributed by atoms with Gasteiger partial charge in [0.15, 0.2) is 6.10 Å². The highest BCUT2D eigenvalue weighted by Gasteiger charge is 2.16. The molecule has 5 nitrogen and oxygen atoms in total. The summed E-state index contributed by atoms with van der Waals surface area (Å²) in [7, 11) is 0. The molecule has 0 aromatic heterocycles. The first kappa shape index (κ1) is 70.4. The predicted octanol–water partition coefficient (Wildman–Crippen LogP) is 22.4. The summed E-state index contributed by atoms with van der Waals surface area (Å²) < 4.78 is 10.8. The van der Waals surface area contributed by atoms with Crippen LogP contribution in [-0.4, -0.2) is 36.4 Å². The summed E-state index contributed by atoms with van der Waals surface area (Å²) in [5.74, 6) is -0.564. The van der Waals surface area contributed by atoms with Crippen LogP contribution in [0.4, 0.5) is 0 Å². The Hall–Kier alpha value is -1.62. The highest BCUT2D eigenvalue weighted by atomic mass is 16.6. The summed E-state index contributed by atoms with van der Waals surface area (Å²) in [5, 5.41) is 9.69. The van der Waals surface area contributed by atoms with E-state index in [9.17, 15) is 14.7 Å². The van der Waals surface area contributed by atoms with Crippen LogP contribution in [0.15, 0.2) is 24.3 Å². The third-order valence-electron chi connectivity index (χ3n) is 15.2. The minimum atomic E-state index is -0.767. The zero-order valence-corrected chi connectivity index (χ0v) is 49.0. The first-order valence-corrected chi connectivity index (χ1v) is 32.9. The molecule has 5 heteroatoms. The van der Waals surface area contributed by atoms with Crippen LogP contribution in [0.2, 0.25) is 0 Å². The molecule has 1 atom stereocenters. The molecule has 0 radical (unpaired) electrons. The van der Waals surface area contributed by atoms with Crippen molar-refractivity contribution in [2.24, 2.45) is 0 Å². The minimum Gasteiger partial charge on any atom is -0.462 e. The fourth-order valence-electron chi connectivity index (χ4n) is 10.3. The number of carbonyl (C=O) groups excluding carboxylic acids is 2. The molecule has 1 unspecified atom stereocenters. The second-order valence-corrected chi connectivity index (χ2v) is 22.6. The molecule has 0 aromatic carbocycles. The van der Waals surface area contributed by atoms with Gasteiger partial charge in [0.1, 0.15) is 6.61 Å². The molecule has 0 aliphatic carbocycles. The topological polar surface area (TPSA) is 72.8 Å². The molecule has 0 amide bonds. The smallest absolute Gasteiger partial charge is 0.306 e. The standard InChI is InChI=1S/C67H128O5/c1-3-5-7-9-11-13-15-17-19-21-23-25-27-29-30-31-32-33-34-35-36-38-40-42-44-46-48-50-52-54-56-58-60-62-67(70)72-65(63-68)64-71-66(69)61-59-57-55-53-51-49-47-45-43-41-39-37-28-26-24-22-20-18-16-14-12-10-8-6-4-2/h15,17,21,23,65,68H,3-14,16,18-20,22,24-64H2,1-2H3/b17-15-,23-21-. The van der Waals surface area contributed by atoms with Crippen molar-refractivity contribution in [3.05, 3.63) is 24.3 Å². The van der Waals surface area contributed by atoms with Crippen LogP contribution >= 0.6 is 0 Å². The maximum atomic E-state index is 12.3. The molecule has 0 heterocycles. The van der Waals surface area contributed by atoms with Gasteiger partial charge in [0.05, 0.1) is 6.61 Å². The van der Waals surface area contributed by atoms with Crippen LogP contribution in [0.5, 0.6) is 0 Å². The van der Waals surface area contributed by atoms with Crippen molar-refractivity contribution in [3.63, 3.8) is 0 Å². The van der Waals surface area contributed by atoms with Gasteiger partial charge in [0.25, 0.3) is 0 Å². The third-order valence-corrected chi connectivity index (χ3v) is 15.2. The molecule has 0 aliphatic rings. The number of esters is 2. The molecule has 0 aliphatic heterocycles. The van der Waals surface area contributed by atoms with Gasteiger partial charge < -0.3 is 14.6 Å². The summed E-state index contributed by atoms with van der Waals surface area (Å²) in [5.41, 5.74) is 0. The molecular formula is C67H128O5. The van der Waals surface area contributed by atoms with Gasteiger partial charge in [0, 0.05) is 12.8 Å². The molecule has 426 valence electrons. The Labute approximate surface area is 451 Å². The summed E-state index contributed by atoms with van der Waals surface area (Å²) in [6.45, 7) is 4.20. The van der Waals surface area contributed by atoms with Gasteiger partial charge in [0.2, 0.25) is 0 Å². The fourth-order valence-corrected chi connectivity index (χ4v) is 10.3. The molecular weight excluding hydrogens is 885 g/mol. The largest absolute Gasteiger partial charge is 0.462 e. The van der Waals surface area contributed by atoms with E-state index >= 15 is 0 Å². The Balaban J connectivity index is 3.38. The van der Waals surface area contributed by atoms with Crippen LogP contribution in [0.25, 0.3) is 0 Å². The Morgan fingerprint density at radius 1 is 0.319 bits per heavy atom. The first-order valence-electron chi connectivity index (χ1n) is 32.9. The van der Waals surface area contributed by atoms with E-state index in [1.807, 2.05) is 0 Å². The lowest BCUT2D eigenvalue weighted by atomic mass is 10.0. The van der Waals surface area contributed by atoms with Crippen LogP contribution in [0.1, 0.15) is 373 Å². The highest BCUT2D eigenvalue weighted by molar-refractivity contribution is 5.70. The van der Waals surface area contributed by atoms with Crippen LogP contribution in [0, 0.1) is 0 Å². The van der Waals surface area contributed by atoms with Gasteiger partial charge in [-0.2, -0.15) is 0 Å². The number of hydrogen-bond acceptors (Lipinski definition) is 5. The van der Waals surface area contributed by atoms with Crippen molar-refractivity contribution >= 4 is 11.9 Å². The van der Waals surface area contributed by atoms with Crippen LogP contribution < -0.4 is 0 Å². The number of aliphatic hydroxyl groups is 1. The zero-order valence-electron chi connectivity index (χ0n) is 49.0.